The Labute approximate surface area is 143 Å². The van der Waals surface area contributed by atoms with E-state index in [0.29, 0.717) is 23.6 Å². The average molecular weight is 342 g/mol. The van der Waals surface area contributed by atoms with Crippen molar-refractivity contribution < 1.29 is 18.0 Å². The van der Waals surface area contributed by atoms with Gasteiger partial charge in [0.1, 0.15) is 0 Å². The van der Waals surface area contributed by atoms with Gasteiger partial charge in [0.05, 0.1) is 12.7 Å². The number of benzene rings is 2. The third kappa shape index (κ3) is 4.50. The molecule has 0 aliphatic heterocycles. The molecular weight excluding hydrogens is 326 g/mol. The number of carbonyl (C=O) groups is 1. The summed E-state index contributed by atoms with van der Waals surface area (Å²) in [4.78, 5) is 16.0. The molecule has 1 amide bonds. The van der Waals surface area contributed by atoms with Crippen molar-refractivity contribution in [1.82, 2.24) is 10.3 Å². The molecule has 2 aromatic carbocycles. The van der Waals surface area contributed by atoms with Crippen LogP contribution < -0.4 is 5.32 Å². The monoisotopic (exact) mass is 342 g/mol. The van der Waals surface area contributed by atoms with Crippen molar-refractivity contribution in [2.24, 2.45) is 0 Å². The molecular formula is C19H16F2N2O2. The topological polar surface area (TPSA) is 55.1 Å². The largest absolute Gasteiger partial charge is 0.439 e. The van der Waals surface area contributed by atoms with Gasteiger partial charge in [-0.2, -0.15) is 0 Å². The zero-order valence-corrected chi connectivity index (χ0v) is 13.3. The van der Waals surface area contributed by atoms with E-state index in [1.54, 1.807) is 6.20 Å². The number of carbonyl (C=O) groups excluding carboxylic acids is 1. The second-order valence-electron chi connectivity index (χ2n) is 5.51. The minimum atomic E-state index is -0.911. The number of hydrogen-bond acceptors (Lipinski definition) is 3. The van der Waals surface area contributed by atoms with E-state index >= 15 is 0 Å². The van der Waals surface area contributed by atoms with Gasteiger partial charge in [-0.25, -0.2) is 13.8 Å². The van der Waals surface area contributed by atoms with Crippen LogP contribution in [0.3, 0.4) is 0 Å². The Bertz CT molecular complexity index is 863. The van der Waals surface area contributed by atoms with Crippen LogP contribution in [0.15, 0.2) is 59.1 Å². The molecule has 0 aliphatic carbocycles. The summed E-state index contributed by atoms with van der Waals surface area (Å²) in [5.41, 5.74) is 1.47. The second kappa shape index (κ2) is 7.70. The Kier molecular flexibility index (Phi) is 5.18. The number of nitrogens with zero attached hydrogens (tertiary/aromatic N) is 1. The standard InChI is InChI=1S/C19H16F2N2O2/c20-15-8-6-13(10-16(15)21)7-9-18(24)22-12-19-23-11-17(25-19)14-4-2-1-3-5-14/h1-6,8,10-11H,7,9,12H2,(H,22,24). The summed E-state index contributed by atoms with van der Waals surface area (Å²) in [7, 11) is 0. The van der Waals surface area contributed by atoms with Gasteiger partial charge >= 0.3 is 0 Å². The van der Waals surface area contributed by atoms with Crippen LogP contribution in [0.2, 0.25) is 0 Å². The van der Waals surface area contributed by atoms with E-state index < -0.39 is 11.6 Å². The average Bonchev–Trinajstić information content (AvgIpc) is 3.11. The lowest BCUT2D eigenvalue weighted by Gasteiger charge is -2.04. The quantitative estimate of drug-likeness (QED) is 0.740. The molecule has 3 aromatic rings. The molecule has 0 fully saturated rings. The molecule has 0 saturated carbocycles. The first-order chi connectivity index (χ1) is 12.1. The summed E-state index contributed by atoms with van der Waals surface area (Å²) in [5.74, 6) is -0.992. The number of aromatic nitrogens is 1. The lowest BCUT2D eigenvalue weighted by molar-refractivity contribution is -0.121. The number of oxazole rings is 1. The van der Waals surface area contributed by atoms with Crippen LogP contribution in [0, 0.1) is 11.6 Å². The normalized spacial score (nSPS) is 10.6. The van der Waals surface area contributed by atoms with Crippen molar-refractivity contribution in [1.29, 1.82) is 0 Å². The van der Waals surface area contributed by atoms with Crippen molar-refractivity contribution >= 4 is 5.91 Å². The minimum absolute atomic E-state index is 0.164. The summed E-state index contributed by atoms with van der Waals surface area (Å²) < 4.78 is 31.6. The highest BCUT2D eigenvalue weighted by molar-refractivity contribution is 5.76. The summed E-state index contributed by atoms with van der Waals surface area (Å²) in [6.07, 6.45) is 2.10. The Morgan fingerprint density at radius 3 is 2.64 bits per heavy atom. The molecule has 0 saturated heterocycles. The Hall–Kier alpha value is -3.02. The first-order valence-corrected chi connectivity index (χ1v) is 7.82. The maximum Gasteiger partial charge on any atom is 0.220 e. The molecule has 128 valence electrons. The van der Waals surface area contributed by atoms with Crippen molar-refractivity contribution in [2.75, 3.05) is 0 Å². The number of aryl methyl sites for hydroxylation is 1. The molecule has 1 aromatic heterocycles. The van der Waals surface area contributed by atoms with Crippen LogP contribution in [0.25, 0.3) is 11.3 Å². The van der Waals surface area contributed by atoms with E-state index in [1.165, 1.54) is 6.07 Å². The molecule has 0 bridgehead atoms. The predicted molar refractivity (Wildman–Crippen MR) is 88.5 cm³/mol. The Morgan fingerprint density at radius 2 is 1.88 bits per heavy atom. The van der Waals surface area contributed by atoms with Crippen LogP contribution >= 0.6 is 0 Å². The molecule has 0 unspecified atom stereocenters. The molecule has 0 atom stereocenters. The number of hydrogen-bond donors (Lipinski definition) is 1. The van der Waals surface area contributed by atoms with Crippen LogP contribution in [0.4, 0.5) is 8.78 Å². The highest BCUT2D eigenvalue weighted by Gasteiger charge is 2.09. The van der Waals surface area contributed by atoms with Gasteiger partial charge in [-0.3, -0.25) is 4.79 Å². The van der Waals surface area contributed by atoms with E-state index in [2.05, 4.69) is 10.3 Å². The van der Waals surface area contributed by atoms with Crippen molar-refractivity contribution in [3.63, 3.8) is 0 Å². The second-order valence-corrected chi connectivity index (χ2v) is 5.51. The van der Waals surface area contributed by atoms with E-state index in [0.717, 1.165) is 17.7 Å². The van der Waals surface area contributed by atoms with Crippen LogP contribution in [0.1, 0.15) is 17.9 Å². The fourth-order valence-electron chi connectivity index (χ4n) is 2.34. The van der Waals surface area contributed by atoms with Crippen molar-refractivity contribution in [3.05, 3.63) is 77.8 Å². The molecule has 25 heavy (non-hydrogen) atoms. The maximum absolute atomic E-state index is 13.1. The highest BCUT2D eigenvalue weighted by atomic mass is 19.2. The number of amides is 1. The SMILES string of the molecule is O=C(CCc1ccc(F)c(F)c1)NCc1ncc(-c2ccccc2)o1. The fraction of sp³-hybridized carbons (Fsp3) is 0.158. The molecule has 0 aliphatic rings. The Balaban J connectivity index is 1.49. The number of nitrogens with one attached hydrogen (secondary N) is 1. The molecule has 0 radical (unpaired) electrons. The van der Waals surface area contributed by atoms with E-state index in [1.807, 2.05) is 30.3 Å². The summed E-state index contributed by atoms with van der Waals surface area (Å²) in [6, 6.07) is 13.1. The fourth-order valence-corrected chi connectivity index (χ4v) is 2.34. The molecule has 1 N–H and O–H groups in total. The van der Waals surface area contributed by atoms with Gasteiger partial charge in [0, 0.05) is 12.0 Å². The van der Waals surface area contributed by atoms with Gasteiger partial charge in [0.25, 0.3) is 0 Å². The number of rotatable bonds is 6. The molecule has 0 spiro atoms. The summed E-state index contributed by atoms with van der Waals surface area (Å²) in [5, 5.41) is 2.70. The van der Waals surface area contributed by atoms with Crippen LogP contribution in [0.5, 0.6) is 0 Å². The highest BCUT2D eigenvalue weighted by Crippen LogP contribution is 2.19. The summed E-state index contributed by atoms with van der Waals surface area (Å²) >= 11 is 0. The molecule has 3 rings (SSSR count). The van der Waals surface area contributed by atoms with Gasteiger partial charge < -0.3 is 9.73 Å². The first kappa shape index (κ1) is 16.8. The smallest absolute Gasteiger partial charge is 0.220 e. The first-order valence-electron chi connectivity index (χ1n) is 7.82. The van der Waals surface area contributed by atoms with Crippen molar-refractivity contribution in [3.8, 4) is 11.3 Å². The third-order valence-corrected chi connectivity index (χ3v) is 3.67. The van der Waals surface area contributed by atoms with E-state index in [-0.39, 0.29) is 18.9 Å². The van der Waals surface area contributed by atoms with Crippen LogP contribution in [-0.4, -0.2) is 10.9 Å². The Morgan fingerprint density at radius 1 is 1.08 bits per heavy atom. The molecule has 6 heteroatoms. The molecule has 1 heterocycles. The van der Waals surface area contributed by atoms with Gasteiger partial charge in [-0.15, -0.1) is 0 Å². The van der Waals surface area contributed by atoms with Gasteiger partial charge in [0.15, 0.2) is 17.4 Å². The van der Waals surface area contributed by atoms with Crippen molar-refractivity contribution in [2.45, 2.75) is 19.4 Å². The van der Waals surface area contributed by atoms with Gasteiger partial charge in [-0.05, 0) is 24.1 Å². The number of halogens is 2. The zero-order valence-electron chi connectivity index (χ0n) is 13.3. The van der Waals surface area contributed by atoms with Crippen LogP contribution in [-0.2, 0) is 17.8 Å². The zero-order chi connectivity index (χ0) is 17.6. The van der Waals surface area contributed by atoms with E-state index in [9.17, 15) is 13.6 Å². The lowest BCUT2D eigenvalue weighted by atomic mass is 10.1. The molecule has 4 nitrogen and oxygen atoms in total. The minimum Gasteiger partial charge on any atom is -0.439 e. The lowest BCUT2D eigenvalue weighted by Crippen LogP contribution is -2.23. The van der Waals surface area contributed by atoms with Gasteiger partial charge in [-0.1, -0.05) is 36.4 Å². The van der Waals surface area contributed by atoms with Gasteiger partial charge in [0.2, 0.25) is 11.8 Å². The van der Waals surface area contributed by atoms with E-state index in [4.69, 9.17) is 4.42 Å². The predicted octanol–water partition coefficient (Wildman–Crippen LogP) is 3.87. The summed E-state index contributed by atoms with van der Waals surface area (Å²) in [6.45, 7) is 0.170. The third-order valence-electron chi connectivity index (χ3n) is 3.67. The maximum atomic E-state index is 13.1.